The number of β-amino-alcohol motifs (C(OH)–C–C–N with tert-alkyl or cyclic N) is 1. The van der Waals surface area contributed by atoms with Gasteiger partial charge in [-0.25, -0.2) is 4.79 Å². The lowest BCUT2D eigenvalue weighted by atomic mass is 10.0. The summed E-state index contributed by atoms with van der Waals surface area (Å²) in [5.41, 5.74) is 0.452. The van der Waals surface area contributed by atoms with Gasteiger partial charge in [-0.3, -0.25) is 4.79 Å². The van der Waals surface area contributed by atoms with Crippen LogP contribution in [-0.4, -0.2) is 46.8 Å². The molecule has 1 saturated heterocycles. The fraction of sp³-hybridized carbons (Fsp3) is 0.556. The number of amides is 2. The van der Waals surface area contributed by atoms with E-state index in [4.69, 9.17) is 4.74 Å². The predicted octanol–water partition coefficient (Wildman–Crippen LogP) is 2.24. The average Bonchev–Trinajstić information content (AvgIpc) is 2.88. The molecule has 1 fully saturated rings. The number of nitrogens with one attached hydrogen (secondary N) is 1. The minimum absolute atomic E-state index is 0.0866. The van der Waals surface area contributed by atoms with E-state index >= 15 is 0 Å². The fourth-order valence-electron chi connectivity index (χ4n) is 2.81. The Morgan fingerprint density at radius 2 is 1.96 bits per heavy atom. The molecule has 2 atom stereocenters. The normalized spacial score (nSPS) is 20.8. The molecule has 2 rings (SSSR count). The highest BCUT2D eigenvalue weighted by atomic mass is 16.6. The summed E-state index contributed by atoms with van der Waals surface area (Å²) in [6, 6.07) is 9.57. The van der Waals surface area contributed by atoms with Gasteiger partial charge in [-0.15, -0.1) is 0 Å². The monoisotopic (exact) mass is 334 g/mol. The van der Waals surface area contributed by atoms with Gasteiger partial charge < -0.3 is 20.1 Å². The van der Waals surface area contributed by atoms with Crippen molar-refractivity contribution in [2.24, 2.45) is 0 Å². The molecule has 0 radical (unpaired) electrons. The second-order valence-corrected chi connectivity index (χ2v) is 7.04. The number of likely N-dealkylation sites (tertiary alicyclic amines) is 1. The molecule has 1 heterocycles. The smallest absolute Gasteiger partial charge is 0.407 e. The Hall–Kier alpha value is -2.08. The fourth-order valence-corrected chi connectivity index (χ4v) is 2.81. The highest BCUT2D eigenvalue weighted by Crippen LogP contribution is 2.32. The van der Waals surface area contributed by atoms with Gasteiger partial charge in [0, 0.05) is 19.5 Å². The molecular weight excluding hydrogens is 308 g/mol. The third-order valence-corrected chi connectivity index (χ3v) is 3.79. The van der Waals surface area contributed by atoms with Gasteiger partial charge in [-0.1, -0.05) is 30.3 Å². The summed E-state index contributed by atoms with van der Waals surface area (Å²) >= 11 is 0. The zero-order valence-electron chi connectivity index (χ0n) is 14.5. The van der Waals surface area contributed by atoms with E-state index in [2.05, 4.69) is 5.32 Å². The third kappa shape index (κ3) is 5.23. The van der Waals surface area contributed by atoms with Crippen LogP contribution < -0.4 is 5.32 Å². The van der Waals surface area contributed by atoms with E-state index in [-0.39, 0.29) is 24.9 Å². The first-order valence-corrected chi connectivity index (χ1v) is 8.25. The molecule has 6 heteroatoms. The lowest BCUT2D eigenvalue weighted by Gasteiger charge is -2.25. The van der Waals surface area contributed by atoms with Crippen molar-refractivity contribution in [3.63, 3.8) is 0 Å². The molecule has 0 aliphatic carbocycles. The summed E-state index contributed by atoms with van der Waals surface area (Å²) in [7, 11) is 0. The molecule has 2 amide bonds. The van der Waals surface area contributed by atoms with Gasteiger partial charge in [0.25, 0.3) is 0 Å². The Morgan fingerprint density at radius 3 is 2.58 bits per heavy atom. The van der Waals surface area contributed by atoms with Crippen LogP contribution in [0.1, 0.15) is 45.2 Å². The number of hydrogen-bond donors (Lipinski definition) is 2. The Bertz CT molecular complexity index is 568. The summed E-state index contributed by atoms with van der Waals surface area (Å²) < 4.78 is 5.14. The van der Waals surface area contributed by atoms with Crippen LogP contribution in [-0.2, 0) is 9.53 Å². The Labute approximate surface area is 142 Å². The molecule has 2 N–H and O–H groups in total. The van der Waals surface area contributed by atoms with Gasteiger partial charge in [-0.05, 0) is 32.8 Å². The highest BCUT2D eigenvalue weighted by Gasteiger charge is 2.34. The van der Waals surface area contributed by atoms with Crippen molar-refractivity contribution in [2.45, 2.75) is 51.4 Å². The second-order valence-electron chi connectivity index (χ2n) is 7.04. The summed E-state index contributed by atoms with van der Waals surface area (Å²) in [5, 5.41) is 12.5. The summed E-state index contributed by atoms with van der Waals surface area (Å²) in [5.74, 6) is -0.0866. The second kappa shape index (κ2) is 7.66. The summed E-state index contributed by atoms with van der Waals surface area (Å²) in [6.45, 7) is 5.89. The molecule has 132 valence electrons. The molecular formula is C18H26N2O4. The summed E-state index contributed by atoms with van der Waals surface area (Å²) in [4.78, 5) is 25.8. The number of benzene rings is 1. The molecule has 24 heavy (non-hydrogen) atoms. The molecule has 0 saturated carbocycles. The minimum atomic E-state index is -0.564. The lowest BCUT2D eigenvalue weighted by molar-refractivity contribution is -0.132. The van der Waals surface area contributed by atoms with Gasteiger partial charge in [0.05, 0.1) is 12.1 Å². The van der Waals surface area contributed by atoms with Crippen LogP contribution in [0.2, 0.25) is 0 Å². The summed E-state index contributed by atoms with van der Waals surface area (Å²) in [6.07, 6.45) is -0.334. The zero-order valence-corrected chi connectivity index (χ0v) is 14.5. The topological polar surface area (TPSA) is 78.9 Å². The molecule has 1 aliphatic rings. The molecule has 1 aromatic rings. The van der Waals surface area contributed by atoms with Gasteiger partial charge in [0.2, 0.25) is 5.91 Å². The first-order chi connectivity index (χ1) is 11.3. The average molecular weight is 334 g/mol. The van der Waals surface area contributed by atoms with E-state index in [9.17, 15) is 14.7 Å². The number of hydrogen-bond acceptors (Lipinski definition) is 4. The third-order valence-electron chi connectivity index (χ3n) is 3.79. The number of ether oxygens (including phenoxy) is 1. The van der Waals surface area contributed by atoms with Gasteiger partial charge in [-0.2, -0.15) is 0 Å². The standard InChI is InChI=1S/C18H26N2O4/c1-18(2,3)24-17(23)19-10-9-16(22)20-12-14(21)11-15(20)13-7-5-4-6-8-13/h4-8,14-15,21H,9-12H2,1-3H3,(H,19,23)/t14-,15+/m0/s1. The molecule has 0 unspecified atom stereocenters. The maximum Gasteiger partial charge on any atom is 0.407 e. The Kier molecular flexibility index (Phi) is 5.83. The van der Waals surface area contributed by atoms with E-state index in [1.54, 1.807) is 25.7 Å². The van der Waals surface area contributed by atoms with Crippen LogP contribution in [0.25, 0.3) is 0 Å². The zero-order chi connectivity index (χ0) is 17.7. The van der Waals surface area contributed by atoms with Crippen LogP contribution in [0.5, 0.6) is 0 Å². The van der Waals surface area contributed by atoms with E-state index in [0.717, 1.165) is 5.56 Å². The van der Waals surface area contributed by atoms with Crippen molar-refractivity contribution < 1.29 is 19.4 Å². The predicted molar refractivity (Wildman–Crippen MR) is 90.4 cm³/mol. The van der Waals surface area contributed by atoms with Crippen LogP contribution in [0.3, 0.4) is 0 Å². The van der Waals surface area contributed by atoms with Gasteiger partial charge >= 0.3 is 6.09 Å². The molecule has 1 aromatic carbocycles. The lowest BCUT2D eigenvalue weighted by Crippen LogP contribution is -2.37. The van der Waals surface area contributed by atoms with E-state index in [1.165, 1.54) is 0 Å². The number of carbonyl (C=O) groups excluding carboxylic acids is 2. The van der Waals surface area contributed by atoms with Crippen LogP contribution in [0.4, 0.5) is 4.79 Å². The molecule has 6 nitrogen and oxygen atoms in total. The first kappa shape index (κ1) is 18.3. The quantitative estimate of drug-likeness (QED) is 0.885. The van der Waals surface area contributed by atoms with Crippen LogP contribution in [0.15, 0.2) is 30.3 Å². The SMILES string of the molecule is CC(C)(C)OC(=O)NCCC(=O)N1C[C@@H](O)C[C@@H]1c1ccccc1. The first-order valence-electron chi connectivity index (χ1n) is 8.25. The number of nitrogens with zero attached hydrogens (tertiary/aromatic N) is 1. The van der Waals surface area contributed by atoms with Gasteiger partial charge in [0.1, 0.15) is 5.60 Å². The van der Waals surface area contributed by atoms with Crippen molar-refractivity contribution in [1.82, 2.24) is 10.2 Å². The van der Waals surface area contributed by atoms with Crippen molar-refractivity contribution in [3.05, 3.63) is 35.9 Å². The van der Waals surface area contributed by atoms with E-state index in [0.29, 0.717) is 13.0 Å². The van der Waals surface area contributed by atoms with Crippen LogP contribution >= 0.6 is 0 Å². The van der Waals surface area contributed by atoms with E-state index in [1.807, 2.05) is 30.3 Å². The number of rotatable bonds is 4. The maximum atomic E-state index is 12.5. The number of alkyl carbamates (subject to hydrolysis) is 1. The van der Waals surface area contributed by atoms with Crippen molar-refractivity contribution in [2.75, 3.05) is 13.1 Å². The Morgan fingerprint density at radius 1 is 1.29 bits per heavy atom. The minimum Gasteiger partial charge on any atom is -0.444 e. The van der Waals surface area contributed by atoms with Gasteiger partial charge in [0.15, 0.2) is 0 Å². The van der Waals surface area contributed by atoms with Crippen molar-refractivity contribution >= 4 is 12.0 Å². The number of aliphatic hydroxyl groups is 1. The highest BCUT2D eigenvalue weighted by molar-refractivity contribution is 5.78. The van der Waals surface area contributed by atoms with E-state index < -0.39 is 17.8 Å². The largest absolute Gasteiger partial charge is 0.444 e. The molecule has 0 aromatic heterocycles. The molecule has 1 aliphatic heterocycles. The van der Waals surface area contributed by atoms with Crippen molar-refractivity contribution in [3.8, 4) is 0 Å². The number of carbonyl (C=O) groups is 2. The number of aliphatic hydroxyl groups excluding tert-OH is 1. The molecule has 0 spiro atoms. The molecule has 0 bridgehead atoms. The Balaban J connectivity index is 1.88. The van der Waals surface area contributed by atoms with Crippen LogP contribution in [0, 0.1) is 0 Å². The maximum absolute atomic E-state index is 12.5. The van der Waals surface area contributed by atoms with Crippen molar-refractivity contribution in [1.29, 1.82) is 0 Å².